The van der Waals surface area contributed by atoms with E-state index >= 15 is 0 Å². The van der Waals surface area contributed by atoms with Gasteiger partial charge >= 0.3 is 0 Å². The molecule has 0 saturated carbocycles. The van der Waals surface area contributed by atoms with Crippen molar-refractivity contribution in [1.82, 2.24) is 9.97 Å². The lowest BCUT2D eigenvalue weighted by atomic mass is 10.1. The first-order chi connectivity index (χ1) is 10.1. The largest absolute Gasteiger partial charge is 0.396 e. The van der Waals surface area contributed by atoms with Gasteiger partial charge in [-0.3, -0.25) is 0 Å². The van der Waals surface area contributed by atoms with Gasteiger partial charge in [0.05, 0.1) is 0 Å². The lowest BCUT2D eigenvalue weighted by molar-refractivity contribution is 0.275. The molecule has 21 heavy (non-hydrogen) atoms. The molecule has 5 heteroatoms. The van der Waals surface area contributed by atoms with E-state index in [2.05, 4.69) is 33.9 Å². The summed E-state index contributed by atoms with van der Waals surface area (Å²) in [5.74, 6) is 1.43. The average Bonchev–Trinajstić information content (AvgIpc) is 2.45. The maximum atomic E-state index is 9.22. The standard InChI is InChI=1S/C16H20ClN3O/c1-12(8-9-21)20(11-14-6-4-3-5-7-14)16-10-15(17)18-13(2)19-16/h3-7,10,12,21H,8-9,11H2,1-2H3. The molecule has 1 heterocycles. The number of aliphatic hydroxyl groups excluding tert-OH is 1. The molecule has 4 nitrogen and oxygen atoms in total. The Labute approximate surface area is 130 Å². The van der Waals surface area contributed by atoms with Crippen LogP contribution in [0.1, 0.15) is 24.7 Å². The van der Waals surface area contributed by atoms with Crippen molar-refractivity contribution in [2.45, 2.75) is 32.9 Å². The molecule has 112 valence electrons. The first-order valence-electron chi connectivity index (χ1n) is 7.02. The smallest absolute Gasteiger partial charge is 0.134 e. The number of aromatic nitrogens is 2. The highest BCUT2D eigenvalue weighted by molar-refractivity contribution is 6.29. The molecule has 0 spiro atoms. The number of rotatable bonds is 6. The maximum Gasteiger partial charge on any atom is 0.134 e. The Morgan fingerprint density at radius 3 is 2.57 bits per heavy atom. The number of halogens is 1. The number of hydrogen-bond acceptors (Lipinski definition) is 4. The molecule has 1 N–H and O–H groups in total. The Balaban J connectivity index is 2.31. The number of anilines is 1. The van der Waals surface area contributed by atoms with Crippen LogP contribution in [0.3, 0.4) is 0 Å². The first kappa shape index (κ1) is 15.7. The fourth-order valence-electron chi connectivity index (χ4n) is 2.25. The van der Waals surface area contributed by atoms with Gasteiger partial charge in [-0.2, -0.15) is 0 Å². The molecule has 2 rings (SSSR count). The molecule has 0 bridgehead atoms. The zero-order valence-electron chi connectivity index (χ0n) is 12.3. The summed E-state index contributed by atoms with van der Waals surface area (Å²) in [7, 11) is 0. The second-order valence-corrected chi connectivity index (χ2v) is 5.46. The average molecular weight is 306 g/mol. The van der Waals surface area contributed by atoms with Crippen LogP contribution in [-0.2, 0) is 6.54 Å². The first-order valence-corrected chi connectivity index (χ1v) is 7.40. The third kappa shape index (κ3) is 4.41. The van der Waals surface area contributed by atoms with Crippen molar-refractivity contribution in [3.63, 3.8) is 0 Å². The normalized spacial score (nSPS) is 12.2. The summed E-state index contributed by atoms with van der Waals surface area (Å²) in [5.41, 5.74) is 1.19. The van der Waals surface area contributed by atoms with Gasteiger partial charge in [0, 0.05) is 25.3 Å². The summed E-state index contributed by atoms with van der Waals surface area (Å²) in [5, 5.41) is 9.66. The molecule has 1 aromatic heterocycles. The van der Waals surface area contributed by atoms with Crippen LogP contribution < -0.4 is 4.90 Å². The predicted octanol–water partition coefficient (Wildman–Crippen LogP) is 3.22. The molecule has 0 amide bonds. The summed E-state index contributed by atoms with van der Waals surface area (Å²) < 4.78 is 0. The Hall–Kier alpha value is -1.65. The zero-order valence-corrected chi connectivity index (χ0v) is 13.1. The van der Waals surface area contributed by atoms with Gasteiger partial charge < -0.3 is 10.0 Å². The van der Waals surface area contributed by atoms with Gasteiger partial charge in [0.2, 0.25) is 0 Å². The van der Waals surface area contributed by atoms with E-state index in [-0.39, 0.29) is 12.6 Å². The number of benzene rings is 1. The zero-order chi connectivity index (χ0) is 15.2. The molecule has 1 aromatic carbocycles. The van der Waals surface area contributed by atoms with Crippen LogP contribution in [0.2, 0.25) is 5.15 Å². The second-order valence-electron chi connectivity index (χ2n) is 5.07. The van der Waals surface area contributed by atoms with Crippen LogP contribution in [-0.4, -0.2) is 27.7 Å². The molecule has 1 unspecified atom stereocenters. The quantitative estimate of drug-likeness (QED) is 0.833. The number of hydrogen-bond donors (Lipinski definition) is 1. The topological polar surface area (TPSA) is 49.2 Å². The number of aryl methyl sites for hydroxylation is 1. The van der Waals surface area contributed by atoms with Crippen LogP contribution in [0.25, 0.3) is 0 Å². The van der Waals surface area contributed by atoms with Gasteiger partial charge in [-0.25, -0.2) is 9.97 Å². The van der Waals surface area contributed by atoms with Crippen molar-refractivity contribution >= 4 is 17.4 Å². The monoisotopic (exact) mass is 305 g/mol. The van der Waals surface area contributed by atoms with Crippen LogP contribution in [0, 0.1) is 6.92 Å². The fourth-order valence-corrected chi connectivity index (χ4v) is 2.47. The molecule has 0 fully saturated rings. The molecule has 0 saturated heterocycles. The van der Waals surface area contributed by atoms with E-state index in [1.54, 1.807) is 6.07 Å². The van der Waals surface area contributed by atoms with Crippen LogP contribution in [0.15, 0.2) is 36.4 Å². The van der Waals surface area contributed by atoms with Gasteiger partial charge in [0.15, 0.2) is 0 Å². The lowest BCUT2D eigenvalue weighted by Crippen LogP contribution is -2.34. The molecule has 2 aromatic rings. The molecular formula is C16H20ClN3O. The third-order valence-electron chi connectivity index (χ3n) is 3.36. The van der Waals surface area contributed by atoms with Crippen LogP contribution >= 0.6 is 11.6 Å². The van der Waals surface area contributed by atoms with E-state index in [1.165, 1.54) is 5.56 Å². The summed E-state index contributed by atoms with van der Waals surface area (Å²) >= 11 is 6.05. The SMILES string of the molecule is Cc1nc(Cl)cc(N(Cc2ccccc2)C(C)CCO)n1. The minimum atomic E-state index is 0.143. The molecule has 0 aliphatic carbocycles. The fraction of sp³-hybridized carbons (Fsp3) is 0.375. The van der Waals surface area contributed by atoms with E-state index in [4.69, 9.17) is 11.6 Å². The predicted molar refractivity (Wildman–Crippen MR) is 85.6 cm³/mol. The van der Waals surface area contributed by atoms with E-state index < -0.39 is 0 Å². The van der Waals surface area contributed by atoms with Crippen LogP contribution in [0.4, 0.5) is 5.82 Å². The molecular weight excluding hydrogens is 286 g/mol. The van der Waals surface area contributed by atoms with Crippen molar-refractivity contribution in [1.29, 1.82) is 0 Å². The minimum absolute atomic E-state index is 0.143. The summed E-state index contributed by atoms with van der Waals surface area (Å²) in [6.45, 7) is 4.76. The Bertz CT molecular complexity index is 557. The van der Waals surface area contributed by atoms with Gasteiger partial charge in [-0.1, -0.05) is 41.9 Å². The summed E-state index contributed by atoms with van der Waals surface area (Å²) in [4.78, 5) is 10.7. The summed E-state index contributed by atoms with van der Waals surface area (Å²) in [6, 6.07) is 12.1. The van der Waals surface area contributed by atoms with Gasteiger partial charge in [0.25, 0.3) is 0 Å². The van der Waals surface area contributed by atoms with Gasteiger partial charge in [-0.05, 0) is 25.8 Å². The van der Waals surface area contributed by atoms with Crippen molar-refractivity contribution in [3.8, 4) is 0 Å². The maximum absolute atomic E-state index is 9.22. The molecule has 0 aliphatic rings. The lowest BCUT2D eigenvalue weighted by Gasteiger charge is -2.30. The van der Waals surface area contributed by atoms with E-state index in [9.17, 15) is 5.11 Å². The van der Waals surface area contributed by atoms with E-state index in [1.807, 2.05) is 25.1 Å². The Morgan fingerprint density at radius 2 is 1.95 bits per heavy atom. The van der Waals surface area contributed by atoms with Crippen molar-refractivity contribution in [2.24, 2.45) is 0 Å². The van der Waals surface area contributed by atoms with Gasteiger partial charge in [-0.15, -0.1) is 0 Å². The molecule has 0 radical (unpaired) electrons. The molecule has 1 atom stereocenters. The number of nitrogens with zero attached hydrogens (tertiary/aromatic N) is 3. The number of aliphatic hydroxyl groups is 1. The highest BCUT2D eigenvalue weighted by atomic mass is 35.5. The van der Waals surface area contributed by atoms with Crippen LogP contribution in [0.5, 0.6) is 0 Å². The van der Waals surface area contributed by atoms with Crippen molar-refractivity contribution in [3.05, 3.63) is 52.9 Å². The Kier molecular flexibility index (Phi) is 5.53. The minimum Gasteiger partial charge on any atom is -0.396 e. The summed E-state index contributed by atoms with van der Waals surface area (Å²) in [6.07, 6.45) is 0.674. The molecule has 0 aliphatic heterocycles. The Morgan fingerprint density at radius 1 is 1.24 bits per heavy atom. The van der Waals surface area contributed by atoms with Crippen molar-refractivity contribution in [2.75, 3.05) is 11.5 Å². The van der Waals surface area contributed by atoms with E-state index in [0.29, 0.717) is 17.4 Å². The second kappa shape index (κ2) is 7.38. The highest BCUT2D eigenvalue weighted by Gasteiger charge is 2.17. The third-order valence-corrected chi connectivity index (χ3v) is 3.56. The van der Waals surface area contributed by atoms with Crippen molar-refractivity contribution < 1.29 is 5.11 Å². The van der Waals surface area contributed by atoms with Gasteiger partial charge in [0.1, 0.15) is 16.8 Å². The van der Waals surface area contributed by atoms with E-state index in [0.717, 1.165) is 12.4 Å². The highest BCUT2D eigenvalue weighted by Crippen LogP contribution is 2.22.